The molecule has 0 aromatic heterocycles. The normalized spacial score (nSPS) is 38.1. The maximum absolute atomic E-state index is 12.3. The number of nitrogens with zero attached hydrogens (tertiary/aromatic N) is 1. The Morgan fingerprint density at radius 2 is 2.00 bits per heavy atom. The van der Waals surface area contributed by atoms with E-state index in [1.165, 1.54) is 12.8 Å². The van der Waals surface area contributed by atoms with E-state index in [0.717, 1.165) is 19.3 Å². The van der Waals surface area contributed by atoms with Crippen LogP contribution in [0.25, 0.3) is 0 Å². The molecule has 1 aliphatic heterocycles. The van der Waals surface area contributed by atoms with Crippen LogP contribution in [0.2, 0.25) is 0 Å². The van der Waals surface area contributed by atoms with Crippen LogP contribution in [0.15, 0.2) is 0 Å². The van der Waals surface area contributed by atoms with Crippen LogP contribution in [0.1, 0.15) is 39.0 Å². The predicted molar refractivity (Wildman–Crippen MR) is 68.2 cm³/mol. The van der Waals surface area contributed by atoms with Crippen LogP contribution in [0.5, 0.6) is 0 Å². The fourth-order valence-corrected chi connectivity index (χ4v) is 3.33. The van der Waals surface area contributed by atoms with Crippen molar-refractivity contribution >= 4 is 17.5 Å². The second-order valence-corrected chi connectivity index (χ2v) is 5.93. The van der Waals surface area contributed by atoms with E-state index in [1.807, 2.05) is 11.9 Å². The van der Waals surface area contributed by atoms with E-state index in [4.69, 9.17) is 16.3 Å². The fourth-order valence-electron chi connectivity index (χ4n) is 2.88. The Hall–Kier alpha value is -0.280. The van der Waals surface area contributed by atoms with Crippen molar-refractivity contribution in [2.75, 3.05) is 13.7 Å². The van der Waals surface area contributed by atoms with Crippen molar-refractivity contribution in [3.05, 3.63) is 0 Å². The molecule has 3 nitrogen and oxygen atoms in total. The van der Waals surface area contributed by atoms with Gasteiger partial charge in [0.2, 0.25) is 0 Å². The van der Waals surface area contributed by atoms with Crippen LogP contribution in [0.4, 0.5) is 0 Å². The zero-order chi connectivity index (χ0) is 12.4. The molecule has 98 valence electrons. The summed E-state index contributed by atoms with van der Waals surface area (Å²) in [5.74, 6) is 0.454. The summed E-state index contributed by atoms with van der Waals surface area (Å²) in [6.45, 7) is 2.79. The monoisotopic (exact) mass is 259 g/mol. The molecule has 2 aliphatic rings. The van der Waals surface area contributed by atoms with Gasteiger partial charge >= 0.3 is 0 Å². The number of rotatable bonds is 2. The molecule has 0 N–H and O–H groups in total. The molecule has 2 rings (SSSR count). The molecule has 1 amide bonds. The Morgan fingerprint density at radius 3 is 2.59 bits per heavy atom. The topological polar surface area (TPSA) is 29.5 Å². The molecule has 1 saturated heterocycles. The van der Waals surface area contributed by atoms with Gasteiger partial charge in [0, 0.05) is 19.7 Å². The standard InChI is InChI=1S/C13H22ClNO2/c1-9-7-8-17-12(9)13(16)15(2)11-6-4-3-5-10(11)14/h9-12H,3-8H2,1-2H3. The molecule has 0 radical (unpaired) electrons. The van der Waals surface area contributed by atoms with Gasteiger partial charge in [0.15, 0.2) is 0 Å². The van der Waals surface area contributed by atoms with E-state index >= 15 is 0 Å². The molecule has 0 aromatic carbocycles. The van der Waals surface area contributed by atoms with E-state index in [9.17, 15) is 4.79 Å². The number of carbonyl (C=O) groups excluding carboxylic acids is 1. The highest BCUT2D eigenvalue weighted by molar-refractivity contribution is 6.21. The molecule has 0 spiro atoms. The van der Waals surface area contributed by atoms with Gasteiger partial charge in [0.1, 0.15) is 6.10 Å². The van der Waals surface area contributed by atoms with Crippen molar-refractivity contribution < 1.29 is 9.53 Å². The van der Waals surface area contributed by atoms with Crippen LogP contribution < -0.4 is 0 Å². The highest BCUT2D eigenvalue weighted by atomic mass is 35.5. The van der Waals surface area contributed by atoms with Gasteiger partial charge in [0.05, 0.1) is 5.38 Å². The lowest BCUT2D eigenvalue weighted by atomic mass is 9.93. The zero-order valence-electron chi connectivity index (χ0n) is 10.7. The second-order valence-electron chi connectivity index (χ2n) is 5.37. The smallest absolute Gasteiger partial charge is 0.252 e. The molecule has 1 heterocycles. The highest BCUT2D eigenvalue weighted by Gasteiger charge is 2.37. The molecular formula is C13H22ClNO2. The molecule has 0 bridgehead atoms. The van der Waals surface area contributed by atoms with Gasteiger partial charge in [0.25, 0.3) is 5.91 Å². The Morgan fingerprint density at radius 1 is 1.29 bits per heavy atom. The maximum atomic E-state index is 12.3. The molecule has 4 unspecified atom stereocenters. The number of halogens is 1. The summed E-state index contributed by atoms with van der Waals surface area (Å²) in [6, 6.07) is 0.189. The average Bonchev–Trinajstić information content (AvgIpc) is 2.74. The first-order valence-electron chi connectivity index (χ1n) is 6.63. The van der Waals surface area contributed by atoms with Gasteiger partial charge < -0.3 is 9.64 Å². The first kappa shape index (κ1) is 13.2. The van der Waals surface area contributed by atoms with Gasteiger partial charge in [-0.05, 0) is 25.2 Å². The quantitative estimate of drug-likeness (QED) is 0.713. The van der Waals surface area contributed by atoms with Gasteiger partial charge in [-0.15, -0.1) is 11.6 Å². The first-order valence-corrected chi connectivity index (χ1v) is 7.07. The summed E-state index contributed by atoms with van der Waals surface area (Å²) in [5, 5.41) is 0.106. The SMILES string of the molecule is CC1CCOC1C(=O)N(C)C1CCCCC1Cl. The van der Waals surface area contributed by atoms with Crippen molar-refractivity contribution in [3.8, 4) is 0 Å². The molecular weight excluding hydrogens is 238 g/mol. The summed E-state index contributed by atoms with van der Waals surface area (Å²) in [5.41, 5.74) is 0. The number of hydrogen-bond acceptors (Lipinski definition) is 2. The summed E-state index contributed by atoms with van der Waals surface area (Å²) in [7, 11) is 1.88. The average molecular weight is 260 g/mol. The molecule has 4 heteroatoms. The lowest BCUT2D eigenvalue weighted by Gasteiger charge is -2.36. The molecule has 4 atom stereocenters. The van der Waals surface area contributed by atoms with Gasteiger partial charge in [-0.3, -0.25) is 4.79 Å². The summed E-state index contributed by atoms with van der Waals surface area (Å²) >= 11 is 6.33. The van der Waals surface area contributed by atoms with E-state index < -0.39 is 0 Å². The minimum Gasteiger partial charge on any atom is -0.368 e. The van der Waals surface area contributed by atoms with Gasteiger partial charge in [-0.25, -0.2) is 0 Å². The molecule has 17 heavy (non-hydrogen) atoms. The molecule has 2 fully saturated rings. The number of amides is 1. The molecule has 1 aliphatic carbocycles. The van der Waals surface area contributed by atoms with Gasteiger partial charge in [-0.2, -0.15) is 0 Å². The van der Waals surface area contributed by atoms with E-state index in [1.54, 1.807) is 0 Å². The van der Waals surface area contributed by atoms with Crippen LogP contribution in [-0.2, 0) is 9.53 Å². The van der Waals surface area contributed by atoms with Crippen molar-refractivity contribution in [2.45, 2.75) is 56.6 Å². The number of carbonyl (C=O) groups is 1. The number of likely N-dealkylation sites (N-methyl/N-ethyl adjacent to an activating group) is 1. The summed E-state index contributed by atoms with van der Waals surface area (Å²) in [6.07, 6.45) is 5.14. The first-order chi connectivity index (χ1) is 8.11. The van der Waals surface area contributed by atoms with Gasteiger partial charge in [-0.1, -0.05) is 19.8 Å². The van der Waals surface area contributed by atoms with Crippen molar-refractivity contribution in [2.24, 2.45) is 5.92 Å². The lowest BCUT2D eigenvalue weighted by Crippen LogP contribution is -2.49. The Bertz CT molecular complexity index is 285. The van der Waals surface area contributed by atoms with Crippen molar-refractivity contribution in [3.63, 3.8) is 0 Å². The Balaban J connectivity index is 1.98. The Labute approximate surface area is 108 Å². The zero-order valence-corrected chi connectivity index (χ0v) is 11.4. The largest absolute Gasteiger partial charge is 0.368 e. The highest BCUT2D eigenvalue weighted by Crippen LogP contribution is 2.29. The molecule has 1 saturated carbocycles. The fraction of sp³-hybridized carbons (Fsp3) is 0.923. The molecule has 0 aromatic rings. The summed E-state index contributed by atoms with van der Waals surface area (Å²) < 4.78 is 5.54. The minimum atomic E-state index is -0.245. The third kappa shape index (κ3) is 2.76. The predicted octanol–water partition coefficient (Wildman–Crippen LogP) is 2.42. The third-order valence-electron chi connectivity index (χ3n) is 4.12. The lowest BCUT2D eigenvalue weighted by molar-refractivity contribution is -0.143. The number of alkyl halides is 1. The summed E-state index contributed by atoms with van der Waals surface area (Å²) in [4.78, 5) is 14.2. The van der Waals surface area contributed by atoms with Crippen LogP contribution >= 0.6 is 11.6 Å². The van der Waals surface area contributed by atoms with Crippen LogP contribution in [-0.4, -0.2) is 42.0 Å². The van der Waals surface area contributed by atoms with E-state index in [0.29, 0.717) is 12.5 Å². The van der Waals surface area contributed by atoms with Crippen molar-refractivity contribution in [1.29, 1.82) is 0 Å². The minimum absolute atomic E-state index is 0.106. The second kappa shape index (κ2) is 5.57. The van der Waals surface area contributed by atoms with Crippen molar-refractivity contribution in [1.82, 2.24) is 4.90 Å². The van der Waals surface area contributed by atoms with Crippen LogP contribution in [0.3, 0.4) is 0 Å². The van der Waals surface area contributed by atoms with E-state index in [2.05, 4.69) is 6.92 Å². The third-order valence-corrected chi connectivity index (χ3v) is 4.63. The number of ether oxygens (including phenoxy) is 1. The van der Waals surface area contributed by atoms with E-state index in [-0.39, 0.29) is 23.4 Å². The Kier molecular flexibility index (Phi) is 4.31. The van der Waals surface area contributed by atoms with Crippen LogP contribution in [0, 0.1) is 5.92 Å². The maximum Gasteiger partial charge on any atom is 0.252 e. The number of hydrogen-bond donors (Lipinski definition) is 0.